The lowest BCUT2D eigenvalue weighted by Crippen LogP contribution is -2.16. The number of halogens is 1. The van der Waals surface area contributed by atoms with Crippen molar-refractivity contribution in [2.24, 2.45) is 22.7 Å². The molecule has 0 amide bonds. The van der Waals surface area contributed by atoms with Gasteiger partial charge in [-0.25, -0.2) is 0 Å². The monoisotopic (exact) mass is 308 g/mol. The summed E-state index contributed by atoms with van der Waals surface area (Å²) < 4.78 is 5.26. The standard InChI is InChI=1S/C16H34ClOP/c1-13(9-15(3,4)5)11-19(18-17)12-14(2)10-16(6,7)8/h13-14H,9-12H2,1-8H3. The van der Waals surface area contributed by atoms with Crippen LogP contribution in [0.5, 0.6) is 0 Å². The Morgan fingerprint density at radius 3 is 1.37 bits per heavy atom. The average molecular weight is 309 g/mol. The van der Waals surface area contributed by atoms with Crippen LogP contribution in [0.1, 0.15) is 68.2 Å². The van der Waals surface area contributed by atoms with E-state index in [9.17, 15) is 0 Å². The first-order valence-corrected chi connectivity index (χ1v) is 9.40. The SMILES string of the molecule is CC(CP(CC(C)CC(C)(C)C)OCl)CC(C)(C)C. The van der Waals surface area contributed by atoms with Crippen molar-refractivity contribution >= 4 is 20.0 Å². The molecule has 0 aromatic rings. The molecular weight excluding hydrogens is 275 g/mol. The largest absolute Gasteiger partial charge is 0.257 e. The first-order chi connectivity index (χ1) is 8.43. The third-order valence-electron chi connectivity index (χ3n) is 3.05. The van der Waals surface area contributed by atoms with Crippen molar-refractivity contribution in [1.82, 2.24) is 0 Å². The van der Waals surface area contributed by atoms with Crippen molar-refractivity contribution in [2.45, 2.75) is 68.2 Å². The Balaban J connectivity index is 4.21. The highest BCUT2D eigenvalue weighted by molar-refractivity contribution is 7.53. The molecule has 0 fully saturated rings. The molecule has 3 heteroatoms. The van der Waals surface area contributed by atoms with Gasteiger partial charge in [0.15, 0.2) is 0 Å². The minimum atomic E-state index is -0.478. The van der Waals surface area contributed by atoms with Crippen LogP contribution in [0.2, 0.25) is 0 Å². The van der Waals surface area contributed by atoms with E-state index < -0.39 is 8.15 Å². The van der Waals surface area contributed by atoms with E-state index in [2.05, 4.69) is 55.4 Å². The Labute approximate surface area is 127 Å². The molecule has 0 spiro atoms. The van der Waals surface area contributed by atoms with Gasteiger partial charge in [0.2, 0.25) is 0 Å². The van der Waals surface area contributed by atoms with Crippen molar-refractivity contribution in [3.05, 3.63) is 0 Å². The Kier molecular flexibility index (Phi) is 8.50. The Morgan fingerprint density at radius 1 is 0.842 bits per heavy atom. The second-order valence-electron chi connectivity index (χ2n) is 8.66. The van der Waals surface area contributed by atoms with Gasteiger partial charge in [-0.3, -0.25) is 4.08 Å². The van der Waals surface area contributed by atoms with Crippen LogP contribution in [0.15, 0.2) is 0 Å². The first-order valence-electron chi connectivity index (χ1n) is 7.46. The molecule has 116 valence electrons. The zero-order chi connectivity index (χ0) is 15.3. The number of hydrogen-bond acceptors (Lipinski definition) is 1. The third-order valence-corrected chi connectivity index (χ3v) is 5.89. The molecule has 0 aromatic heterocycles. The molecule has 19 heavy (non-hydrogen) atoms. The molecule has 0 heterocycles. The predicted molar refractivity (Wildman–Crippen MR) is 90.1 cm³/mol. The number of rotatable bonds is 7. The van der Waals surface area contributed by atoms with Crippen molar-refractivity contribution in [2.75, 3.05) is 12.3 Å². The lowest BCUT2D eigenvalue weighted by Gasteiger charge is -2.28. The quantitative estimate of drug-likeness (QED) is 0.475. The van der Waals surface area contributed by atoms with Gasteiger partial charge >= 0.3 is 0 Å². The molecule has 2 unspecified atom stereocenters. The molecule has 0 N–H and O–H groups in total. The normalized spacial score (nSPS) is 18.2. The van der Waals surface area contributed by atoms with Crippen LogP contribution in [0, 0.1) is 22.7 Å². The van der Waals surface area contributed by atoms with E-state index in [1.165, 1.54) is 12.8 Å². The highest BCUT2D eigenvalue weighted by Crippen LogP contribution is 2.45. The molecule has 0 aromatic carbocycles. The topological polar surface area (TPSA) is 9.23 Å². The molecular formula is C16H34ClOP. The smallest absolute Gasteiger partial charge is 0.0647 e. The van der Waals surface area contributed by atoms with Gasteiger partial charge < -0.3 is 0 Å². The highest BCUT2D eigenvalue weighted by atomic mass is 35.5. The summed E-state index contributed by atoms with van der Waals surface area (Å²) in [5.41, 5.74) is 0.785. The minimum absolute atomic E-state index is 0.393. The summed E-state index contributed by atoms with van der Waals surface area (Å²) in [5, 5.41) is 0. The van der Waals surface area contributed by atoms with Crippen LogP contribution < -0.4 is 0 Å². The van der Waals surface area contributed by atoms with Crippen molar-refractivity contribution in [1.29, 1.82) is 0 Å². The fourth-order valence-electron chi connectivity index (χ4n) is 3.05. The maximum absolute atomic E-state index is 5.73. The van der Waals surface area contributed by atoms with Gasteiger partial charge in [-0.15, -0.1) is 0 Å². The van der Waals surface area contributed by atoms with Gasteiger partial charge in [0.25, 0.3) is 0 Å². The van der Waals surface area contributed by atoms with Gasteiger partial charge in [0.1, 0.15) is 0 Å². The van der Waals surface area contributed by atoms with Gasteiger partial charge in [0, 0.05) is 0 Å². The van der Waals surface area contributed by atoms with Gasteiger partial charge in [-0.1, -0.05) is 55.4 Å². The number of hydrogen-bond donors (Lipinski definition) is 0. The highest BCUT2D eigenvalue weighted by Gasteiger charge is 2.23. The minimum Gasteiger partial charge on any atom is -0.257 e. The van der Waals surface area contributed by atoms with Crippen molar-refractivity contribution < 1.29 is 4.08 Å². The average Bonchev–Trinajstić information content (AvgIpc) is 2.10. The Hall–Kier alpha value is 0.680. The Morgan fingerprint density at radius 2 is 1.16 bits per heavy atom. The first kappa shape index (κ1) is 19.7. The van der Waals surface area contributed by atoms with E-state index in [-0.39, 0.29) is 0 Å². The zero-order valence-corrected chi connectivity index (χ0v) is 15.9. The van der Waals surface area contributed by atoms with Gasteiger partial charge in [-0.05, 0) is 47.8 Å². The van der Waals surface area contributed by atoms with E-state index in [1.54, 1.807) is 0 Å². The molecule has 0 radical (unpaired) electrons. The van der Waals surface area contributed by atoms with E-state index in [4.69, 9.17) is 15.9 Å². The molecule has 1 nitrogen and oxygen atoms in total. The summed E-state index contributed by atoms with van der Waals surface area (Å²) in [4.78, 5) is 0. The predicted octanol–water partition coefficient (Wildman–Crippen LogP) is 6.70. The Bertz CT molecular complexity index is 218. The van der Waals surface area contributed by atoms with E-state index >= 15 is 0 Å². The molecule has 0 saturated carbocycles. The van der Waals surface area contributed by atoms with Crippen molar-refractivity contribution in [3.63, 3.8) is 0 Å². The second-order valence-corrected chi connectivity index (χ2v) is 10.9. The fourth-order valence-corrected chi connectivity index (χ4v) is 5.29. The van der Waals surface area contributed by atoms with Crippen LogP contribution in [0.3, 0.4) is 0 Å². The van der Waals surface area contributed by atoms with Crippen molar-refractivity contribution in [3.8, 4) is 0 Å². The summed E-state index contributed by atoms with van der Waals surface area (Å²) in [6.07, 6.45) is 4.73. The second kappa shape index (κ2) is 8.20. The molecule has 0 aliphatic rings. The molecule has 0 aliphatic heterocycles. The maximum Gasteiger partial charge on any atom is 0.0647 e. The van der Waals surface area contributed by atoms with E-state index in [0.717, 1.165) is 12.3 Å². The van der Waals surface area contributed by atoms with Gasteiger partial charge in [-0.2, -0.15) is 0 Å². The summed E-state index contributed by atoms with van der Waals surface area (Å²) in [7, 11) is -0.478. The molecule has 0 aliphatic carbocycles. The van der Waals surface area contributed by atoms with Crippen LogP contribution >= 0.6 is 20.0 Å². The van der Waals surface area contributed by atoms with E-state index in [1.807, 2.05) is 0 Å². The lowest BCUT2D eigenvalue weighted by molar-refractivity contribution is 0.316. The molecule has 2 atom stereocenters. The summed E-state index contributed by atoms with van der Waals surface area (Å²) in [6, 6.07) is 0. The maximum atomic E-state index is 5.73. The third kappa shape index (κ3) is 12.2. The van der Waals surface area contributed by atoms with Gasteiger partial charge in [0.05, 0.1) is 20.0 Å². The molecule has 0 saturated heterocycles. The van der Waals surface area contributed by atoms with Crippen LogP contribution in [-0.2, 0) is 4.08 Å². The fraction of sp³-hybridized carbons (Fsp3) is 1.00. The zero-order valence-electron chi connectivity index (χ0n) is 14.2. The van der Waals surface area contributed by atoms with Crippen LogP contribution in [-0.4, -0.2) is 12.3 Å². The van der Waals surface area contributed by atoms with Crippen LogP contribution in [0.25, 0.3) is 0 Å². The van der Waals surface area contributed by atoms with Crippen LogP contribution in [0.4, 0.5) is 0 Å². The summed E-state index contributed by atoms with van der Waals surface area (Å²) in [5.74, 6) is 1.37. The summed E-state index contributed by atoms with van der Waals surface area (Å²) in [6.45, 7) is 18.5. The molecule has 0 rings (SSSR count). The summed E-state index contributed by atoms with van der Waals surface area (Å²) >= 11 is 5.73. The van der Waals surface area contributed by atoms with E-state index in [0.29, 0.717) is 22.7 Å². The lowest BCUT2D eigenvalue weighted by atomic mass is 9.86. The molecule has 0 bridgehead atoms.